The Bertz CT molecular complexity index is 525. The number of aryl methyl sites for hydroxylation is 1. The number of hydrogen-bond acceptors (Lipinski definition) is 4. The molecular formula is C15H22N4O2. The highest BCUT2D eigenvalue weighted by molar-refractivity contribution is 5.76. The van der Waals surface area contributed by atoms with E-state index >= 15 is 0 Å². The van der Waals surface area contributed by atoms with Crippen LogP contribution in [0.25, 0.3) is 0 Å². The molecule has 0 bridgehead atoms. The van der Waals surface area contributed by atoms with Crippen LogP contribution >= 0.6 is 0 Å². The van der Waals surface area contributed by atoms with E-state index < -0.39 is 0 Å². The monoisotopic (exact) mass is 290 g/mol. The highest BCUT2D eigenvalue weighted by Crippen LogP contribution is 2.24. The minimum absolute atomic E-state index is 0.210. The van der Waals surface area contributed by atoms with Crippen molar-refractivity contribution in [3.05, 3.63) is 23.8 Å². The van der Waals surface area contributed by atoms with Crippen LogP contribution in [0.4, 0.5) is 0 Å². The van der Waals surface area contributed by atoms with Gasteiger partial charge in [-0.1, -0.05) is 19.1 Å². The van der Waals surface area contributed by atoms with Gasteiger partial charge in [0.1, 0.15) is 11.9 Å². The largest absolute Gasteiger partial charge is 0.366 e. The van der Waals surface area contributed by atoms with Crippen molar-refractivity contribution in [3.63, 3.8) is 0 Å². The van der Waals surface area contributed by atoms with Crippen molar-refractivity contribution >= 4 is 5.91 Å². The van der Waals surface area contributed by atoms with Gasteiger partial charge in [-0.15, -0.1) is 0 Å². The molecule has 0 saturated carbocycles. The second-order valence-corrected chi connectivity index (χ2v) is 5.66. The molecule has 1 fully saturated rings. The molecule has 0 spiro atoms. The maximum absolute atomic E-state index is 12.4. The Kier molecular flexibility index (Phi) is 4.34. The summed E-state index contributed by atoms with van der Waals surface area (Å²) in [5.41, 5.74) is 0. The molecule has 1 aromatic heterocycles. The zero-order chi connectivity index (χ0) is 14.7. The van der Waals surface area contributed by atoms with Gasteiger partial charge in [-0.2, -0.15) is 5.10 Å². The Labute approximate surface area is 124 Å². The van der Waals surface area contributed by atoms with Crippen molar-refractivity contribution in [2.45, 2.75) is 38.7 Å². The van der Waals surface area contributed by atoms with Crippen LogP contribution in [-0.2, 0) is 16.0 Å². The number of aromatic nitrogens is 3. The van der Waals surface area contributed by atoms with Crippen LogP contribution in [0.15, 0.2) is 12.2 Å². The minimum Gasteiger partial charge on any atom is -0.366 e. The van der Waals surface area contributed by atoms with Crippen LogP contribution in [0.1, 0.15) is 43.9 Å². The van der Waals surface area contributed by atoms with E-state index in [4.69, 9.17) is 4.74 Å². The molecule has 0 radical (unpaired) electrons. The summed E-state index contributed by atoms with van der Waals surface area (Å²) < 4.78 is 5.72. The van der Waals surface area contributed by atoms with Gasteiger partial charge in [0.05, 0.1) is 13.2 Å². The van der Waals surface area contributed by atoms with Crippen LogP contribution in [0.5, 0.6) is 0 Å². The van der Waals surface area contributed by atoms with E-state index in [1.165, 1.54) is 0 Å². The number of morpholine rings is 1. The summed E-state index contributed by atoms with van der Waals surface area (Å²) in [6, 6.07) is 0. The third-order valence-corrected chi connectivity index (χ3v) is 4.14. The first-order valence-electron chi connectivity index (χ1n) is 7.73. The topological polar surface area (TPSA) is 71.1 Å². The fraction of sp³-hybridized carbons (Fsp3) is 0.667. The molecule has 6 heteroatoms. The molecule has 0 unspecified atom stereocenters. The van der Waals surface area contributed by atoms with Crippen LogP contribution in [0.2, 0.25) is 0 Å². The summed E-state index contributed by atoms with van der Waals surface area (Å²) >= 11 is 0. The Morgan fingerprint density at radius 3 is 3.19 bits per heavy atom. The SMILES string of the molecule is CCc1nc([C@@H]2CN(C(=O)C[C@@H]3C=CCC3)CCO2)n[nH]1. The smallest absolute Gasteiger partial charge is 0.223 e. The lowest BCUT2D eigenvalue weighted by atomic mass is 10.0. The van der Waals surface area contributed by atoms with Gasteiger partial charge >= 0.3 is 0 Å². The van der Waals surface area contributed by atoms with Gasteiger partial charge in [-0.3, -0.25) is 9.89 Å². The number of carbonyl (C=O) groups excluding carboxylic acids is 1. The Morgan fingerprint density at radius 2 is 2.48 bits per heavy atom. The van der Waals surface area contributed by atoms with Gasteiger partial charge < -0.3 is 9.64 Å². The first-order valence-corrected chi connectivity index (χ1v) is 7.73. The van der Waals surface area contributed by atoms with Crippen molar-refractivity contribution < 1.29 is 9.53 Å². The highest BCUT2D eigenvalue weighted by Gasteiger charge is 2.29. The fourth-order valence-electron chi connectivity index (χ4n) is 2.86. The molecule has 21 heavy (non-hydrogen) atoms. The highest BCUT2D eigenvalue weighted by atomic mass is 16.5. The fourth-order valence-corrected chi connectivity index (χ4v) is 2.86. The number of carbonyl (C=O) groups is 1. The zero-order valence-corrected chi connectivity index (χ0v) is 12.4. The predicted octanol–water partition coefficient (Wildman–Crippen LogP) is 1.62. The van der Waals surface area contributed by atoms with Crippen LogP contribution < -0.4 is 0 Å². The molecule has 1 aliphatic carbocycles. The molecule has 1 amide bonds. The van der Waals surface area contributed by atoms with E-state index in [1.807, 2.05) is 11.8 Å². The standard InChI is InChI=1S/C15H22N4O2/c1-2-13-16-15(18-17-13)12-10-19(7-8-21-12)14(20)9-11-5-3-4-6-11/h3,5,11-12H,2,4,6-10H2,1H3,(H,16,17,18)/t11-,12+/m1/s1. The summed E-state index contributed by atoms with van der Waals surface area (Å²) in [7, 11) is 0. The number of hydrogen-bond donors (Lipinski definition) is 1. The van der Waals surface area contributed by atoms with Gasteiger partial charge in [0, 0.05) is 19.4 Å². The second-order valence-electron chi connectivity index (χ2n) is 5.66. The molecule has 6 nitrogen and oxygen atoms in total. The van der Waals surface area contributed by atoms with E-state index in [0.29, 0.717) is 37.9 Å². The van der Waals surface area contributed by atoms with Crippen molar-refractivity contribution in [2.75, 3.05) is 19.7 Å². The molecule has 1 saturated heterocycles. The van der Waals surface area contributed by atoms with Crippen molar-refractivity contribution in [3.8, 4) is 0 Å². The number of ether oxygens (including phenoxy) is 1. The zero-order valence-electron chi connectivity index (χ0n) is 12.4. The lowest BCUT2D eigenvalue weighted by molar-refractivity contribution is -0.140. The molecule has 1 N–H and O–H groups in total. The van der Waals surface area contributed by atoms with Gasteiger partial charge in [0.25, 0.3) is 0 Å². The summed E-state index contributed by atoms with van der Waals surface area (Å²) in [5.74, 6) is 2.14. The second kappa shape index (κ2) is 6.39. The molecule has 2 atom stereocenters. The van der Waals surface area contributed by atoms with E-state index in [-0.39, 0.29) is 12.0 Å². The average Bonchev–Trinajstić information content (AvgIpc) is 3.18. The number of amides is 1. The quantitative estimate of drug-likeness (QED) is 0.855. The van der Waals surface area contributed by atoms with E-state index in [1.54, 1.807) is 0 Å². The number of aromatic amines is 1. The number of rotatable bonds is 4. The van der Waals surface area contributed by atoms with Crippen LogP contribution in [0, 0.1) is 5.92 Å². The lowest BCUT2D eigenvalue weighted by Crippen LogP contribution is -2.43. The number of allylic oxidation sites excluding steroid dienone is 2. The first kappa shape index (κ1) is 14.3. The molecular weight excluding hydrogens is 268 g/mol. The average molecular weight is 290 g/mol. The third kappa shape index (κ3) is 3.32. The first-order chi connectivity index (χ1) is 10.3. The maximum atomic E-state index is 12.4. The molecule has 2 heterocycles. The summed E-state index contributed by atoms with van der Waals surface area (Å²) in [5, 5.41) is 7.10. The summed E-state index contributed by atoms with van der Waals surface area (Å²) in [4.78, 5) is 18.7. The third-order valence-electron chi connectivity index (χ3n) is 4.14. The van der Waals surface area contributed by atoms with Gasteiger partial charge in [-0.05, 0) is 18.8 Å². The Balaban J connectivity index is 1.59. The summed E-state index contributed by atoms with van der Waals surface area (Å²) in [6.07, 6.45) is 7.74. The van der Waals surface area contributed by atoms with Crippen molar-refractivity contribution in [2.24, 2.45) is 5.92 Å². The van der Waals surface area contributed by atoms with Gasteiger partial charge in [0.2, 0.25) is 5.91 Å². The van der Waals surface area contributed by atoms with Crippen LogP contribution in [-0.4, -0.2) is 45.7 Å². The molecule has 0 aromatic carbocycles. The molecule has 1 aromatic rings. The normalized spacial score (nSPS) is 25.5. The van der Waals surface area contributed by atoms with Crippen molar-refractivity contribution in [1.82, 2.24) is 20.1 Å². The molecule has 2 aliphatic rings. The van der Waals surface area contributed by atoms with Crippen molar-refractivity contribution in [1.29, 1.82) is 0 Å². The van der Waals surface area contributed by atoms with E-state index in [0.717, 1.165) is 25.1 Å². The summed E-state index contributed by atoms with van der Waals surface area (Å²) in [6.45, 7) is 3.79. The van der Waals surface area contributed by atoms with E-state index in [9.17, 15) is 4.79 Å². The number of nitrogens with zero attached hydrogens (tertiary/aromatic N) is 3. The predicted molar refractivity (Wildman–Crippen MR) is 77.5 cm³/mol. The van der Waals surface area contributed by atoms with E-state index in [2.05, 4.69) is 27.3 Å². The van der Waals surface area contributed by atoms with Gasteiger partial charge in [-0.25, -0.2) is 4.98 Å². The number of nitrogens with one attached hydrogen (secondary N) is 1. The van der Waals surface area contributed by atoms with Gasteiger partial charge in [0.15, 0.2) is 5.82 Å². The minimum atomic E-state index is -0.210. The van der Waals surface area contributed by atoms with Crippen LogP contribution in [0.3, 0.4) is 0 Å². The molecule has 114 valence electrons. The number of H-pyrrole nitrogens is 1. The lowest BCUT2D eigenvalue weighted by Gasteiger charge is -2.32. The maximum Gasteiger partial charge on any atom is 0.223 e. The Hall–Kier alpha value is -1.69. The Morgan fingerprint density at radius 1 is 1.57 bits per heavy atom. The molecule has 1 aliphatic heterocycles. The molecule has 3 rings (SSSR count).